The lowest BCUT2D eigenvalue weighted by molar-refractivity contribution is 0.101. The number of thiophene rings is 1. The summed E-state index contributed by atoms with van der Waals surface area (Å²) >= 11 is 1.46. The highest BCUT2D eigenvalue weighted by molar-refractivity contribution is 7.17. The first-order chi connectivity index (χ1) is 11.1. The third kappa shape index (κ3) is 2.80. The minimum Gasteiger partial charge on any atom is -0.491 e. The van der Waals surface area contributed by atoms with Crippen LogP contribution in [0, 0.1) is 0 Å². The lowest BCUT2D eigenvalue weighted by Gasteiger charge is -2.13. The number of nitrogens with zero attached hydrogens (tertiary/aromatic N) is 1. The van der Waals surface area contributed by atoms with E-state index in [1.54, 1.807) is 4.57 Å². The van der Waals surface area contributed by atoms with E-state index in [9.17, 15) is 9.59 Å². The van der Waals surface area contributed by atoms with Crippen molar-refractivity contribution < 1.29 is 9.53 Å². The van der Waals surface area contributed by atoms with Crippen LogP contribution < -0.4 is 10.3 Å². The molecule has 0 atom stereocenters. The minimum absolute atomic E-state index is 0.139. The fourth-order valence-electron chi connectivity index (χ4n) is 2.76. The average molecular weight is 327 g/mol. The van der Waals surface area contributed by atoms with Gasteiger partial charge in [-0.05, 0) is 30.4 Å². The van der Waals surface area contributed by atoms with Crippen molar-refractivity contribution in [3.63, 3.8) is 0 Å². The first-order valence-electron chi connectivity index (χ1n) is 7.36. The highest BCUT2D eigenvalue weighted by Gasteiger charge is 2.21. The molecule has 0 saturated heterocycles. The Balaban J connectivity index is 2.12. The molecule has 0 saturated carbocycles. The van der Waals surface area contributed by atoms with E-state index < -0.39 is 0 Å². The number of hydrogen-bond acceptors (Lipinski definition) is 4. The van der Waals surface area contributed by atoms with Crippen molar-refractivity contribution in [2.75, 3.05) is 7.11 Å². The Morgan fingerprint density at radius 3 is 2.61 bits per heavy atom. The van der Waals surface area contributed by atoms with Crippen LogP contribution in [0.2, 0.25) is 0 Å². The van der Waals surface area contributed by atoms with E-state index in [1.165, 1.54) is 25.4 Å². The van der Waals surface area contributed by atoms with Gasteiger partial charge >= 0.3 is 0 Å². The van der Waals surface area contributed by atoms with Crippen LogP contribution >= 0.6 is 11.3 Å². The molecule has 4 nitrogen and oxygen atoms in total. The molecule has 0 aliphatic rings. The summed E-state index contributed by atoms with van der Waals surface area (Å²) < 4.78 is 7.77. The maximum atomic E-state index is 12.7. The third-order valence-electron chi connectivity index (χ3n) is 3.85. The second kappa shape index (κ2) is 6.38. The predicted octanol–water partition coefficient (Wildman–Crippen LogP) is 3.52. The molecule has 23 heavy (non-hydrogen) atoms. The van der Waals surface area contributed by atoms with Crippen LogP contribution in [0.15, 0.2) is 46.6 Å². The van der Waals surface area contributed by atoms with Crippen LogP contribution in [-0.2, 0) is 13.0 Å². The number of carbonyl (C=O) groups is 1. The zero-order valence-electron chi connectivity index (χ0n) is 13.0. The van der Waals surface area contributed by atoms with E-state index in [-0.39, 0.29) is 17.1 Å². The molecule has 0 N–H and O–H groups in total. The summed E-state index contributed by atoms with van der Waals surface area (Å²) in [6.07, 6.45) is 0.744. The van der Waals surface area contributed by atoms with Crippen LogP contribution in [0.4, 0.5) is 0 Å². The van der Waals surface area contributed by atoms with Gasteiger partial charge in [-0.15, -0.1) is 11.3 Å². The number of rotatable bonds is 5. The van der Waals surface area contributed by atoms with Gasteiger partial charge in [-0.2, -0.15) is 0 Å². The van der Waals surface area contributed by atoms with Crippen LogP contribution in [0.25, 0.3) is 10.2 Å². The van der Waals surface area contributed by atoms with Crippen molar-refractivity contribution in [1.29, 1.82) is 0 Å². The number of methoxy groups -OCH3 is 1. The maximum Gasteiger partial charge on any atom is 0.294 e. The zero-order valence-corrected chi connectivity index (χ0v) is 13.9. The van der Waals surface area contributed by atoms with Gasteiger partial charge in [0.25, 0.3) is 5.56 Å². The van der Waals surface area contributed by atoms with Crippen molar-refractivity contribution in [3.8, 4) is 5.75 Å². The second-order valence-electron chi connectivity index (χ2n) is 5.29. The molecule has 0 unspecified atom stereocenters. The molecule has 0 fully saturated rings. The molecule has 0 aliphatic carbocycles. The number of hydrogen-bond donors (Lipinski definition) is 0. The van der Waals surface area contributed by atoms with Gasteiger partial charge in [-0.3, -0.25) is 9.59 Å². The average Bonchev–Trinajstić information content (AvgIpc) is 3.02. The van der Waals surface area contributed by atoms with Crippen molar-refractivity contribution in [2.45, 2.75) is 19.9 Å². The summed E-state index contributed by atoms with van der Waals surface area (Å²) in [4.78, 5) is 24.7. The van der Waals surface area contributed by atoms with Gasteiger partial charge in [0.15, 0.2) is 11.5 Å². The van der Waals surface area contributed by atoms with Gasteiger partial charge < -0.3 is 9.30 Å². The van der Waals surface area contributed by atoms with Gasteiger partial charge in [0, 0.05) is 6.54 Å². The molecule has 2 heterocycles. The van der Waals surface area contributed by atoms with E-state index in [1.807, 2.05) is 41.8 Å². The van der Waals surface area contributed by atoms with Crippen LogP contribution in [0.5, 0.6) is 5.75 Å². The molecule has 0 bridgehead atoms. The Kier molecular flexibility index (Phi) is 4.30. The zero-order chi connectivity index (χ0) is 16.4. The molecule has 3 rings (SSSR count). The Morgan fingerprint density at radius 2 is 1.96 bits per heavy atom. The van der Waals surface area contributed by atoms with E-state index in [2.05, 4.69) is 0 Å². The predicted molar refractivity (Wildman–Crippen MR) is 92.8 cm³/mol. The summed E-state index contributed by atoms with van der Waals surface area (Å²) in [6.45, 7) is 2.01. The number of aryl methyl sites for hydroxylation is 2. The molecule has 3 aromatic rings. The van der Waals surface area contributed by atoms with Gasteiger partial charge in [0.1, 0.15) is 0 Å². The summed E-state index contributed by atoms with van der Waals surface area (Å²) in [5.74, 6) is -0.0119. The number of aromatic nitrogens is 1. The summed E-state index contributed by atoms with van der Waals surface area (Å²) in [5, 5.41) is 1.90. The topological polar surface area (TPSA) is 48.3 Å². The van der Waals surface area contributed by atoms with Crippen LogP contribution in [-0.4, -0.2) is 17.5 Å². The Bertz CT molecular complexity index is 909. The van der Waals surface area contributed by atoms with E-state index in [0.29, 0.717) is 12.1 Å². The largest absolute Gasteiger partial charge is 0.491 e. The van der Waals surface area contributed by atoms with Crippen LogP contribution in [0.3, 0.4) is 0 Å². The fraction of sp³-hybridized carbons (Fsp3) is 0.222. The molecular weight excluding hydrogens is 310 g/mol. The summed E-state index contributed by atoms with van der Waals surface area (Å²) in [6, 6.07) is 11.9. The quantitative estimate of drug-likeness (QED) is 0.674. The smallest absolute Gasteiger partial charge is 0.294 e. The summed E-state index contributed by atoms with van der Waals surface area (Å²) in [7, 11) is 1.43. The molecule has 5 heteroatoms. The van der Waals surface area contributed by atoms with Crippen molar-refractivity contribution in [1.82, 2.24) is 4.57 Å². The van der Waals surface area contributed by atoms with Crippen LogP contribution in [0.1, 0.15) is 22.8 Å². The fourth-order valence-corrected chi connectivity index (χ4v) is 3.75. The molecule has 1 aromatic carbocycles. The number of fused-ring (bicyclic) bond motifs is 1. The monoisotopic (exact) mass is 327 g/mol. The van der Waals surface area contributed by atoms with E-state index >= 15 is 0 Å². The van der Waals surface area contributed by atoms with Crippen molar-refractivity contribution >= 4 is 27.3 Å². The number of ketones is 1. The normalized spacial score (nSPS) is 10.9. The van der Waals surface area contributed by atoms with Crippen molar-refractivity contribution in [2.24, 2.45) is 0 Å². The Hall–Kier alpha value is -2.40. The molecule has 0 radical (unpaired) electrons. The lowest BCUT2D eigenvalue weighted by Crippen LogP contribution is -2.24. The SMILES string of the molecule is COc1c(C(C)=O)c2sccc2n(CCc2ccccc2)c1=O. The Morgan fingerprint density at radius 1 is 1.22 bits per heavy atom. The van der Waals surface area contributed by atoms with Gasteiger partial charge in [-0.25, -0.2) is 0 Å². The molecule has 2 aromatic heterocycles. The van der Waals surface area contributed by atoms with E-state index in [0.717, 1.165) is 22.2 Å². The third-order valence-corrected chi connectivity index (χ3v) is 4.77. The van der Waals surface area contributed by atoms with Gasteiger partial charge in [0.2, 0.25) is 0 Å². The molecule has 0 aliphatic heterocycles. The highest BCUT2D eigenvalue weighted by Crippen LogP contribution is 2.29. The van der Waals surface area contributed by atoms with Gasteiger partial charge in [-0.1, -0.05) is 30.3 Å². The van der Waals surface area contributed by atoms with E-state index in [4.69, 9.17) is 4.74 Å². The number of benzene rings is 1. The number of ether oxygens (including phenoxy) is 1. The number of pyridine rings is 1. The first kappa shape index (κ1) is 15.5. The molecular formula is C18H17NO3S. The maximum absolute atomic E-state index is 12.7. The second-order valence-corrected chi connectivity index (χ2v) is 6.21. The molecule has 0 amide bonds. The molecule has 118 valence electrons. The minimum atomic E-state index is -0.250. The van der Waals surface area contributed by atoms with Crippen molar-refractivity contribution in [3.05, 3.63) is 63.3 Å². The number of Topliss-reactive ketones (excluding diaryl/α,β-unsaturated/α-hetero) is 1. The van der Waals surface area contributed by atoms with Gasteiger partial charge in [0.05, 0.1) is 22.9 Å². The lowest BCUT2D eigenvalue weighted by atomic mass is 10.1. The first-order valence-corrected chi connectivity index (χ1v) is 8.24. The Labute approximate surface area is 138 Å². The molecule has 0 spiro atoms. The highest BCUT2D eigenvalue weighted by atomic mass is 32.1. The number of carbonyl (C=O) groups excluding carboxylic acids is 1. The standard InChI is InChI=1S/C18H17NO3S/c1-12(20)15-16(22-2)18(21)19(14-9-11-23-17(14)15)10-8-13-6-4-3-5-7-13/h3-7,9,11H,8,10H2,1-2H3. The summed E-state index contributed by atoms with van der Waals surface area (Å²) in [5.41, 5.74) is 2.09.